The number of benzene rings is 2. The van der Waals surface area contributed by atoms with E-state index < -0.39 is 11.8 Å². The van der Waals surface area contributed by atoms with Crippen LogP contribution in [0.2, 0.25) is 0 Å². The first-order valence-corrected chi connectivity index (χ1v) is 7.82. The Hall–Kier alpha value is -3.72. The zero-order chi connectivity index (χ0) is 19.5. The Morgan fingerprint density at radius 2 is 1.30 bits per heavy atom. The second-order valence-corrected chi connectivity index (χ2v) is 5.27. The van der Waals surface area contributed by atoms with Crippen LogP contribution in [0.1, 0.15) is 11.1 Å². The highest BCUT2D eigenvalue weighted by Crippen LogP contribution is 2.09. The molecule has 0 aromatic heterocycles. The fourth-order valence-corrected chi connectivity index (χ4v) is 1.87. The van der Waals surface area contributed by atoms with Crippen LogP contribution in [0.4, 0.5) is 0 Å². The Labute approximate surface area is 155 Å². The molecule has 0 saturated heterocycles. The molecule has 0 heterocycles. The summed E-state index contributed by atoms with van der Waals surface area (Å²) in [6.07, 6.45) is 2.72. The normalized spacial score (nSPS) is 11.0. The number of phenols is 2. The molecule has 0 aliphatic heterocycles. The number of hydrogen-bond donors (Lipinski definition) is 4. The summed E-state index contributed by atoms with van der Waals surface area (Å²) in [7, 11) is 0. The Bertz CT molecular complexity index is 782. The number of nitrogens with zero attached hydrogens (tertiary/aromatic N) is 2. The Morgan fingerprint density at radius 1 is 0.852 bits per heavy atom. The number of hydrazone groups is 2. The van der Waals surface area contributed by atoms with Gasteiger partial charge in [0.05, 0.1) is 12.4 Å². The van der Waals surface area contributed by atoms with Crippen LogP contribution in [-0.4, -0.2) is 47.7 Å². The number of ether oxygens (including phenoxy) is 1. The number of aromatic hydroxyl groups is 2. The van der Waals surface area contributed by atoms with Gasteiger partial charge in [0.15, 0.2) is 0 Å². The summed E-state index contributed by atoms with van der Waals surface area (Å²) in [6.45, 7) is -0.720. The number of carbonyl (C=O) groups excluding carboxylic acids is 2. The van der Waals surface area contributed by atoms with Crippen molar-refractivity contribution in [2.45, 2.75) is 0 Å². The van der Waals surface area contributed by atoms with Crippen molar-refractivity contribution in [1.82, 2.24) is 10.9 Å². The van der Waals surface area contributed by atoms with Crippen molar-refractivity contribution in [3.63, 3.8) is 0 Å². The van der Waals surface area contributed by atoms with E-state index in [-0.39, 0.29) is 24.7 Å². The summed E-state index contributed by atoms with van der Waals surface area (Å²) in [5.74, 6) is -0.900. The first kappa shape index (κ1) is 19.6. The molecule has 4 N–H and O–H groups in total. The predicted molar refractivity (Wildman–Crippen MR) is 98.5 cm³/mol. The predicted octanol–water partition coefficient (Wildman–Crippen LogP) is 0.715. The van der Waals surface area contributed by atoms with Crippen molar-refractivity contribution >= 4 is 24.2 Å². The molecule has 140 valence electrons. The highest BCUT2D eigenvalue weighted by atomic mass is 16.5. The largest absolute Gasteiger partial charge is 0.508 e. The average Bonchev–Trinajstić information content (AvgIpc) is 2.62. The molecule has 0 spiro atoms. The standard InChI is InChI=1S/C18H18N4O5/c23-15-5-1-3-13(7-15)9-19-21-17(25)11-27-12-18(26)22-20-10-14-4-2-6-16(24)8-14/h1-10,23-24H,11-12H2,(H,21,25)(H,22,26)/b19-9+,20-10+. The van der Waals surface area contributed by atoms with Crippen molar-refractivity contribution in [2.24, 2.45) is 10.2 Å². The maximum atomic E-state index is 11.5. The summed E-state index contributed by atoms with van der Waals surface area (Å²) in [6, 6.07) is 12.7. The number of nitrogens with one attached hydrogen (secondary N) is 2. The molecule has 2 aromatic rings. The fraction of sp³-hybridized carbons (Fsp3) is 0.111. The van der Waals surface area contributed by atoms with Gasteiger partial charge in [-0.2, -0.15) is 10.2 Å². The van der Waals surface area contributed by atoms with Gasteiger partial charge in [-0.3, -0.25) is 9.59 Å². The van der Waals surface area contributed by atoms with Gasteiger partial charge in [0.1, 0.15) is 24.7 Å². The highest BCUT2D eigenvalue weighted by molar-refractivity contribution is 5.84. The molecule has 0 bridgehead atoms. The average molecular weight is 370 g/mol. The van der Waals surface area contributed by atoms with Crippen molar-refractivity contribution in [1.29, 1.82) is 0 Å². The lowest BCUT2D eigenvalue weighted by atomic mass is 10.2. The molecule has 9 heteroatoms. The van der Waals surface area contributed by atoms with E-state index in [1.54, 1.807) is 24.3 Å². The minimum atomic E-state index is -0.539. The molecule has 0 radical (unpaired) electrons. The van der Waals surface area contributed by atoms with Gasteiger partial charge in [0.2, 0.25) is 0 Å². The second kappa shape index (κ2) is 10.3. The van der Waals surface area contributed by atoms with Crippen molar-refractivity contribution in [3.05, 3.63) is 59.7 Å². The third-order valence-electron chi connectivity index (χ3n) is 3.01. The highest BCUT2D eigenvalue weighted by Gasteiger charge is 2.03. The van der Waals surface area contributed by atoms with E-state index in [1.165, 1.54) is 36.7 Å². The molecule has 27 heavy (non-hydrogen) atoms. The smallest absolute Gasteiger partial charge is 0.266 e. The summed E-state index contributed by atoms with van der Waals surface area (Å²) < 4.78 is 4.95. The number of carbonyl (C=O) groups is 2. The minimum Gasteiger partial charge on any atom is -0.508 e. The summed E-state index contributed by atoms with van der Waals surface area (Å²) in [5.41, 5.74) is 5.69. The Kier molecular flexibility index (Phi) is 7.49. The van der Waals surface area contributed by atoms with Crippen molar-refractivity contribution in [2.75, 3.05) is 13.2 Å². The van der Waals surface area contributed by atoms with Crippen LogP contribution in [0.15, 0.2) is 58.7 Å². The van der Waals surface area contributed by atoms with Crippen molar-refractivity contribution < 1.29 is 24.5 Å². The van der Waals surface area contributed by atoms with Crippen LogP contribution >= 0.6 is 0 Å². The zero-order valence-corrected chi connectivity index (χ0v) is 14.2. The molecule has 2 aromatic carbocycles. The summed E-state index contributed by atoms with van der Waals surface area (Å²) >= 11 is 0. The van der Waals surface area contributed by atoms with Gasteiger partial charge in [-0.25, -0.2) is 10.9 Å². The van der Waals surface area contributed by atoms with Crippen LogP contribution in [0.3, 0.4) is 0 Å². The molecule has 9 nitrogen and oxygen atoms in total. The Balaban J connectivity index is 1.63. The lowest BCUT2D eigenvalue weighted by Gasteiger charge is -2.02. The van der Waals surface area contributed by atoms with Gasteiger partial charge in [-0.15, -0.1) is 0 Å². The van der Waals surface area contributed by atoms with Gasteiger partial charge >= 0.3 is 0 Å². The number of hydrogen-bond acceptors (Lipinski definition) is 7. The fourth-order valence-electron chi connectivity index (χ4n) is 1.87. The molecule has 0 saturated carbocycles. The van der Waals surface area contributed by atoms with E-state index in [2.05, 4.69) is 21.1 Å². The van der Waals surface area contributed by atoms with E-state index in [9.17, 15) is 19.8 Å². The van der Waals surface area contributed by atoms with Gasteiger partial charge < -0.3 is 14.9 Å². The third-order valence-corrected chi connectivity index (χ3v) is 3.01. The maximum absolute atomic E-state index is 11.5. The molecule has 2 amide bonds. The Morgan fingerprint density at radius 3 is 1.70 bits per heavy atom. The monoisotopic (exact) mass is 370 g/mol. The van der Waals surface area contributed by atoms with E-state index in [0.29, 0.717) is 11.1 Å². The van der Waals surface area contributed by atoms with E-state index in [0.717, 1.165) is 0 Å². The van der Waals surface area contributed by atoms with E-state index >= 15 is 0 Å². The molecular weight excluding hydrogens is 352 g/mol. The zero-order valence-electron chi connectivity index (χ0n) is 14.2. The summed E-state index contributed by atoms with van der Waals surface area (Å²) in [4.78, 5) is 23.1. The van der Waals surface area contributed by atoms with Gasteiger partial charge in [-0.05, 0) is 35.4 Å². The summed E-state index contributed by atoms with van der Waals surface area (Å²) in [5, 5.41) is 26.0. The lowest BCUT2D eigenvalue weighted by molar-refractivity contribution is -0.130. The molecule has 2 rings (SSSR count). The van der Waals surface area contributed by atoms with Gasteiger partial charge in [0.25, 0.3) is 11.8 Å². The number of amides is 2. The van der Waals surface area contributed by atoms with Crippen LogP contribution in [0.5, 0.6) is 11.5 Å². The van der Waals surface area contributed by atoms with Crippen LogP contribution in [0.25, 0.3) is 0 Å². The second-order valence-electron chi connectivity index (χ2n) is 5.27. The number of rotatable bonds is 8. The molecule has 0 atom stereocenters. The van der Waals surface area contributed by atoms with E-state index in [1.807, 2.05) is 0 Å². The molecule has 0 aliphatic rings. The van der Waals surface area contributed by atoms with Gasteiger partial charge in [0, 0.05) is 0 Å². The van der Waals surface area contributed by atoms with Crippen LogP contribution in [0, 0.1) is 0 Å². The first-order valence-electron chi connectivity index (χ1n) is 7.82. The minimum absolute atomic E-state index is 0.0892. The molecule has 0 unspecified atom stereocenters. The van der Waals surface area contributed by atoms with Gasteiger partial charge in [-0.1, -0.05) is 24.3 Å². The number of phenolic OH excluding ortho intramolecular Hbond substituents is 2. The topological polar surface area (TPSA) is 133 Å². The lowest BCUT2D eigenvalue weighted by Crippen LogP contribution is -2.28. The molecule has 0 fully saturated rings. The van der Waals surface area contributed by atoms with E-state index in [4.69, 9.17) is 4.74 Å². The van der Waals surface area contributed by atoms with Crippen LogP contribution in [-0.2, 0) is 14.3 Å². The quantitative estimate of drug-likeness (QED) is 0.401. The van der Waals surface area contributed by atoms with Crippen LogP contribution < -0.4 is 10.9 Å². The molecule has 0 aliphatic carbocycles. The first-order chi connectivity index (χ1) is 13.0. The molecular formula is C18H18N4O5. The van der Waals surface area contributed by atoms with Crippen molar-refractivity contribution in [3.8, 4) is 11.5 Å². The third kappa shape index (κ3) is 7.80. The SMILES string of the molecule is O=C(COCC(=O)N/N=C/c1cccc(O)c1)N/N=C/c1cccc(O)c1. The maximum Gasteiger partial charge on any atom is 0.266 e.